The van der Waals surface area contributed by atoms with Crippen LogP contribution in [0.5, 0.6) is 0 Å². The van der Waals surface area contributed by atoms with Gasteiger partial charge in [0.15, 0.2) is 11.6 Å². The van der Waals surface area contributed by atoms with Crippen molar-refractivity contribution in [2.24, 2.45) is 5.92 Å². The van der Waals surface area contributed by atoms with Crippen LogP contribution in [0.4, 0.5) is 0 Å². The van der Waals surface area contributed by atoms with Gasteiger partial charge in [-0.25, -0.2) is 9.97 Å². The number of hydrogen-bond donors (Lipinski definition) is 0. The predicted molar refractivity (Wildman–Crippen MR) is 75.7 cm³/mol. The molecule has 2 aromatic heterocycles. The Morgan fingerprint density at radius 1 is 1.26 bits per heavy atom. The topological polar surface area (TPSA) is 38.9 Å². The molecular weight excluding hydrogens is 283 g/mol. The second-order valence-corrected chi connectivity index (χ2v) is 5.70. The highest BCUT2D eigenvalue weighted by atomic mass is 35.5. The molecule has 0 saturated heterocycles. The molecule has 0 amide bonds. The summed E-state index contributed by atoms with van der Waals surface area (Å²) < 4.78 is 5.81. The Bertz CT molecular complexity index is 601. The van der Waals surface area contributed by atoms with E-state index in [0.29, 0.717) is 40.1 Å². The van der Waals surface area contributed by atoms with Crippen LogP contribution in [0.15, 0.2) is 16.5 Å². The zero-order valence-electron chi connectivity index (χ0n) is 10.8. The van der Waals surface area contributed by atoms with Crippen molar-refractivity contribution in [3.8, 4) is 11.6 Å². The van der Waals surface area contributed by atoms with Crippen molar-refractivity contribution in [1.29, 1.82) is 0 Å². The lowest BCUT2D eigenvalue weighted by atomic mass is 10.2. The van der Waals surface area contributed by atoms with Gasteiger partial charge >= 0.3 is 0 Å². The van der Waals surface area contributed by atoms with E-state index in [1.165, 1.54) is 6.42 Å². The summed E-state index contributed by atoms with van der Waals surface area (Å²) >= 11 is 12.2. The Hall–Kier alpha value is -1.06. The zero-order valence-corrected chi connectivity index (χ0v) is 12.3. The minimum Gasteiger partial charge on any atom is -0.457 e. The molecule has 1 aliphatic carbocycles. The Labute approximate surface area is 122 Å². The quantitative estimate of drug-likeness (QED) is 0.769. The first-order valence-electron chi connectivity index (χ1n) is 6.42. The second kappa shape index (κ2) is 4.80. The van der Waals surface area contributed by atoms with Gasteiger partial charge in [0.1, 0.15) is 16.1 Å². The highest BCUT2D eigenvalue weighted by Crippen LogP contribution is 2.47. The van der Waals surface area contributed by atoms with Crippen molar-refractivity contribution < 1.29 is 4.42 Å². The summed E-state index contributed by atoms with van der Waals surface area (Å²) in [4.78, 5) is 8.53. The van der Waals surface area contributed by atoms with Crippen LogP contribution in [0.25, 0.3) is 11.6 Å². The monoisotopic (exact) mass is 296 g/mol. The lowest BCUT2D eigenvalue weighted by Crippen LogP contribution is -1.95. The van der Waals surface area contributed by atoms with Crippen molar-refractivity contribution in [1.82, 2.24) is 9.97 Å². The molecule has 3 rings (SSSR count). The summed E-state index contributed by atoms with van der Waals surface area (Å²) in [7, 11) is 0. The van der Waals surface area contributed by atoms with E-state index in [1.54, 1.807) is 0 Å². The summed E-state index contributed by atoms with van der Waals surface area (Å²) in [6, 6.07) is 3.87. The molecule has 0 spiro atoms. The van der Waals surface area contributed by atoms with Gasteiger partial charge < -0.3 is 4.42 Å². The van der Waals surface area contributed by atoms with Crippen LogP contribution in [0.2, 0.25) is 10.3 Å². The van der Waals surface area contributed by atoms with Gasteiger partial charge in [0.05, 0.1) is 0 Å². The van der Waals surface area contributed by atoms with Crippen molar-refractivity contribution in [3.63, 3.8) is 0 Å². The van der Waals surface area contributed by atoms with Gasteiger partial charge in [0.25, 0.3) is 0 Å². The van der Waals surface area contributed by atoms with E-state index in [0.717, 1.165) is 11.3 Å². The highest BCUT2D eigenvalue weighted by Gasteiger charge is 2.36. The standard InChI is InChI=1S/C14H14Cl2N2O/c1-3-8-12(15)17-14(18-13(8)16)11-5-4-10(19-11)9-6-7(9)2/h4-5,7,9H,3,6H2,1-2H3. The number of aromatic nitrogens is 2. The fourth-order valence-corrected chi connectivity index (χ4v) is 2.88. The second-order valence-electron chi connectivity index (χ2n) is 4.98. The van der Waals surface area contributed by atoms with E-state index >= 15 is 0 Å². The van der Waals surface area contributed by atoms with E-state index in [9.17, 15) is 0 Å². The Morgan fingerprint density at radius 2 is 1.89 bits per heavy atom. The number of nitrogens with zero attached hydrogens (tertiary/aromatic N) is 2. The molecular formula is C14H14Cl2N2O. The number of furan rings is 1. The molecule has 0 aliphatic heterocycles. The zero-order chi connectivity index (χ0) is 13.6. The van der Waals surface area contributed by atoms with Gasteiger partial charge in [0, 0.05) is 11.5 Å². The molecule has 0 aromatic carbocycles. The molecule has 1 fully saturated rings. The number of halogens is 2. The molecule has 0 radical (unpaired) electrons. The Kier molecular flexibility index (Phi) is 3.27. The van der Waals surface area contributed by atoms with Gasteiger partial charge in [-0.15, -0.1) is 0 Å². The lowest BCUT2D eigenvalue weighted by Gasteiger charge is -2.04. The fraction of sp³-hybridized carbons (Fsp3) is 0.429. The molecule has 3 nitrogen and oxygen atoms in total. The molecule has 2 atom stereocenters. The van der Waals surface area contributed by atoms with E-state index in [2.05, 4.69) is 16.9 Å². The molecule has 1 aliphatic rings. The number of rotatable bonds is 3. The van der Waals surface area contributed by atoms with Gasteiger partial charge in [-0.1, -0.05) is 37.0 Å². The minimum absolute atomic E-state index is 0.398. The molecule has 2 unspecified atom stereocenters. The van der Waals surface area contributed by atoms with E-state index < -0.39 is 0 Å². The first kappa shape index (κ1) is 12.9. The normalized spacial score (nSPS) is 21.7. The van der Waals surface area contributed by atoms with Gasteiger partial charge in [-0.05, 0) is 30.9 Å². The van der Waals surface area contributed by atoms with Crippen molar-refractivity contribution in [2.75, 3.05) is 0 Å². The smallest absolute Gasteiger partial charge is 0.198 e. The summed E-state index contributed by atoms with van der Waals surface area (Å²) in [6.07, 6.45) is 1.89. The van der Waals surface area contributed by atoms with Crippen LogP contribution < -0.4 is 0 Å². The van der Waals surface area contributed by atoms with Crippen LogP contribution in [0.3, 0.4) is 0 Å². The van der Waals surface area contributed by atoms with Crippen LogP contribution in [-0.2, 0) is 6.42 Å². The van der Waals surface area contributed by atoms with Crippen LogP contribution in [0.1, 0.15) is 37.5 Å². The highest BCUT2D eigenvalue weighted by molar-refractivity contribution is 6.34. The summed E-state index contributed by atoms with van der Waals surface area (Å²) in [6.45, 7) is 4.18. The molecule has 1 saturated carbocycles. The van der Waals surface area contributed by atoms with Crippen LogP contribution >= 0.6 is 23.2 Å². The van der Waals surface area contributed by atoms with E-state index in [1.807, 2.05) is 19.1 Å². The third-order valence-corrected chi connectivity index (χ3v) is 4.21. The predicted octanol–water partition coefficient (Wildman–Crippen LogP) is 4.73. The minimum atomic E-state index is 0.398. The van der Waals surface area contributed by atoms with E-state index in [4.69, 9.17) is 27.6 Å². The van der Waals surface area contributed by atoms with E-state index in [-0.39, 0.29) is 0 Å². The SMILES string of the molecule is CCc1c(Cl)nc(-c2ccc(C3CC3C)o2)nc1Cl. The first-order valence-corrected chi connectivity index (χ1v) is 7.17. The van der Waals surface area contributed by atoms with Crippen molar-refractivity contribution in [3.05, 3.63) is 33.8 Å². The third kappa shape index (κ3) is 2.37. The molecule has 100 valence electrons. The molecule has 5 heteroatoms. The average molecular weight is 297 g/mol. The maximum absolute atomic E-state index is 6.11. The largest absolute Gasteiger partial charge is 0.457 e. The first-order chi connectivity index (χ1) is 9.10. The maximum Gasteiger partial charge on any atom is 0.198 e. The summed E-state index contributed by atoms with van der Waals surface area (Å²) in [5.41, 5.74) is 0.773. The van der Waals surface area contributed by atoms with Gasteiger partial charge in [-0.3, -0.25) is 0 Å². The summed E-state index contributed by atoms with van der Waals surface area (Å²) in [5.74, 6) is 3.31. The molecule has 19 heavy (non-hydrogen) atoms. The van der Waals surface area contributed by atoms with Crippen molar-refractivity contribution in [2.45, 2.75) is 32.6 Å². The lowest BCUT2D eigenvalue weighted by molar-refractivity contribution is 0.515. The third-order valence-electron chi connectivity index (χ3n) is 3.58. The Morgan fingerprint density at radius 3 is 2.42 bits per heavy atom. The average Bonchev–Trinajstić information content (AvgIpc) is 2.91. The molecule has 0 N–H and O–H groups in total. The van der Waals surface area contributed by atoms with Crippen molar-refractivity contribution >= 4 is 23.2 Å². The van der Waals surface area contributed by atoms with Crippen LogP contribution in [0, 0.1) is 5.92 Å². The Balaban J connectivity index is 1.95. The number of hydrogen-bond acceptors (Lipinski definition) is 3. The molecule has 0 bridgehead atoms. The fourth-order valence-electron chi connectivity index (χ4n) is 2.22. The van der Waals surface area contributed by atoms with Gasteiger partial charge in [-0.2, -0.15) is 0 Å². The molecule has 2 heterocycles. The van der Waals surface area contributed by atoms with Gasteiger partial charge in [0.2, 0.25) is 0 Å². The summed E-state index contributed by atoms with van der Waals surface area (Å²) in [5, 5.41) is 0.797. The van der Waals surface area contributed by atoms with Crippen LogP contribution in [-0.4, -0.2) is 9.97 Å². The molecule has 2 aromatic rings. The maximum atomic E-state index is 6.11.